The summed E-state index contributed by atoms with van der Waals surface area (Å²) in [5.74, 6) is 0.622. The van der Waals surface area contributed by atoms with Crippen LogP contribution >= 0.6 is 11.8 Å². The molecule has 0 N–H and O–H groups in total. The van der Waals surface area contributed by atoms with Crippen LogP contribution in [0, 0.1) is 13.8 Å². The lowest BCUT2D eigenvalue weighted by atomic mass is 10.1. The van der Waals surface area contributed by atoms with Crippen molar-refractivity contribution in [2.24, 2.45) is 0 Å². The SMILES string of the molecule is Cc1cc(C(=O)CSc2nccn2C2CC2)c(C)n1CCc1ccccc1. The molecule has 1 aliphatic carbocycles. The number of rotatable bonds is 8. The number of thioether (sulfide) groups is 1. The van der Waals surface area contributed by atoms with Crippen molar-refractivity contribution >= 4 is 17.5 Å². The smallest absolute Gasteiger partial charge is 0.175 e. The second kappa shape index (κ2) is 7.77. The topological polar surface area (TPSA) is 39.8 Å². The van der Waals surface area contributed by atoms with Gasteiger partial charge in [0, 0.05) is 41.9 Å². The lowest BCUT2D eigenvalue weighted by Crippen LogP contribution is -2.08. The Morgan fingerprint density at radius 1 is 1.22 bits per heavy atom. The number of ketones is 1. The van der Waals surface area contributed by atoms with E-state index in [1.54, 1.807) is 11.8 Å². The van der Waals surface area contributed by atoms with Crippen LogP contribution in [0.5, 0.6) is 0 Å². The molecule has 0 amide bonds. The van der Waals surface area contributed by atoms with E-state index in [0.717, 1.165) is 35.1 Å². The number of hydrogen-bond donors (Lipinski definition) is 0. The van der Waals surface area contributed by atoms with Gasteiger partial charge in [0.2, 0.25) is 0 Å². The highest BCUT2D eigenvalue weighted by Crippen LogP contribution is 2.37. The zero-order valence-corrected chi connectivity index (χ0v) is 16.7. The van der Waals surface area contributed by atoms with E-state index in [0.29, 0.717) is 11.8 Å². The molecule has 140 valence electrons. The standard InChI is InChI=1S/C22H25N3OS/c1-16-14-20(17(2)24(16)12-10-18-6-4-3-5-7-18)21(26)15-27-22-23-11-13-25(22)19-8-9-19/h3-7,11,13-14,19H,8-10,12,15H2,1-2H3. The Morgan fingerprint density at radius 2 is 2.00 bits per heavy atom. The number of nitrogens with zero attached hydrogens (tertiary/aromatic N) is 3. The van der Waals surface area contributed by atoms with E-state index in [-0.39, 0.29) is 5.78 Å². The van der Waals surface area contributed by atoms with Crippen molar-refractivity contribution in [3.8, 4) is 0 Å². The molecule has 1 aromatic carbocycles. The van der Waals surface area contributed by atoms with E-state index in [2.05, 4.69) is 52.2 Å². The molecule has 0 atom stereocenters. The van der Waals surface area contributed by atoms with Crippen molar-refractivity contribution < 1.29 is 4.79 Å². The first-order valence-corrected chi connectivity index (χ1v) is 10.5. The molecule has 0 unspecified atom stereocenters. The molecule has 0 aliphatic heterocycles. The number of hydrogen-bond acceptors (Lipinski definition) is 3. The first-order chi connectivity index (χ1) is 13.1. The Balaban J connectivity index is 1.42. The molecule has 0 spiro atoms. The molecule has 5 heteroatoms. The second-order valence-corrected chi connectivity index (χ2v) is 8.17. The minimum Gasteiger partial charge on any atom is -0.348 e. The molecule has 2 aromatic heterocycles. The predicted molar refractivity (Wildman–Crippen MR) is 110 cm³/mol. The highest BCUT2D eigenvalue weighted by Gasteiger charge is 2.26. The normalized spacial score (nSPS) is 13.9. The number of aryl methyl sites for hydroxylation is 2. The minimum atomic E-state index is 0.185. The first-order valence-electron chi connectivity index (χ1n) is 9.53. The molecule has 0 saturated heterocycles. The summed E-state index contributed by atoms with van der Waals surface area (Å²) in [4.78, 5) is 17.2. The van der Waals surface area contributed by atoms with Crippen LogP contribution in [-0.2, 0) is 13.0 Å². The fraction of sp³-hybridized carbons (Fsp3) is 0.364. The Bertz CT molecular complexity index is 938. The van der Waals surface area contributed by atoms with Crippen LogP contribution in [0.2, 0.25) is 0 Å². The largest absolute Gasteiger partial charge is 0.348 e. The summed E-state index contributed by atoms with van der Waals surface area (Å²) in [7, 11) is 0. The molecular formula is C22H25N3OS. The molecule has 0 bridgehead atoms. The Morgan fingerprint density at radius 3 is 2.74 bits per heavy atom. The zero-order valence-electron chi connectivity index (χ0n) is 15.9. The van der Waals surface area contributed by atoms with Crippen molar-refractivity contribution in [1.29, 1.82) is 0 Å². The average Bonchev–Trinajstić information content (AvgIpc) is 3.35. The second-order valence-electron chi connectivity index (χ2n) is 7.23. The van der Waals surface area contributed by atoms with Gasteiger partial charge in [-0.15, -0.1) is 0 Å². The third kappa shape index (κ3) is 4.03. The van der Waals surface area contributed by atoms with Gasteiger partial charge in [0.1, 0.15) is 0 Å². The van der Waals surface area contributed by atoms with Gasteiger partial charge in [0.25, 0.3) is 0 Å². The summed E-state index contributed by atoms with van der Waals surface area (Å²) in [6.45, 7) is 5.04. The molecular weight excluding hydrogens is 354 g/mol. The van der Waals surface area contributed by atoms with Crippen LogP contribution in [0.25, 0.3) is 0 Å². The molecule has 27 heavy (non-hydrogen) atoms. The van der Waals surface area contributed by atoms with Gasteiger partial charge < -0.3 is 9.13 Å². The number of benzene rings is 1. The fourth-order valence-corrected chi connectivity index (χ4v) is 4.47. The van der Waals surface area contributed by atoms with Gasteiger partial charge in [0.15, 0.2) is 10.9 Å². The van der Waals surface area contributed by atoms with Crippen molar-refractivity contribution in [2.75, 3.05) is 5.75 Å². The molecule has 2 heterocycles. The lowest BCUT2D eigenvalue weighted by Gasteiger charge is -2.10. The summed E-state index contributed by atoms with van der Waals surface area (Å²) in [6, 6.07) is 13.1. The summed E-state index contributed by atoms with van der Waals surface area (Å²) < 4.78 is 4.47. The van der Waals surface area contributed by atoms with E-state index in [1.165, 1.54) is 18.4 Å². The summed E-state index contributed by atoms with van der Waals surface area (Å²) in [5.41, 5.74) is 4.38. The maximum absolute atomic E-state index is 12.8. The van der Waals surface area contributed by atoms with Crippen LogP contribution < -0.4 is 0 Å². The Labute approximate surface area is 164 Å². The highest BCUT2D eigenvalue weighted by molar-refractivity contribution is 7.99. The predicted octanol–water partition coefficient (Wildman–Crippen LogP) is 4.85. The van der Waals surface area contributed by atoms with Gasteiger partial charge in [-0.1, -0.05) is 42.1 Å². The number of carbonyl (C=O) groups excluding carboxylic acids is 1. The van der Waals surface area contributed by atoms with Gasteiger partial charge in [-0.25, -0.2) is 4.98 Å². The maximum atomic E-state index is 12.8. The van der Waals surface area contributed by atoms with E-state index >= 15 is 0 Å². The van der Waals surface area contributed by atoms with E-state index < -0.39 is 0 Å². The zero-order chi connectivity index (χ0) is 18.8. The number of Topliss-reactive ketones (excluding diaryl/α,β-unsaturated/α-hetero) is 1. The van der Waals surface area contributed by atoms with E-state index in [1.807, 2.05) is 24.5 Å². The molecule has 0 radical (unpaired) electrons. The summed E-state index contributed by atoms with van der Waals surface area (Å²) in [6.07, 6.45) is 7.28. The minimum absolute atomic E-state index is 0.185. The van der Waals surface area contributed by atoms with Crippen LogP contribution in [0.15, 0.2) is 53.9 Å². The quantitative estimate of drug-likeness (QED) is 0.415. The third-order valence-electron chi connectivity index (χ3n) is 5.25. The fourth-order valence-electron chi connectivity index (χ4n) is 3.56. The number of imidazole rings is 1. The lowest BCUT2D eigenvalue weighted by molar-refractivity contribution is 0.102. The number of aromatic nitrogens is 3. The average molecular weight is 380 g/mol. The highest BCUT2D eigenvalue weighted by atomic mass is 32.2. The molecule has 4 nitrogen and oxygen atoms in total. The van der Waals surface area contributed by atoms with Gasteiger partial charge in [0.05, 0.1) is 5.75 Å². The Kier molecular flexibility index (Phi) is 5.21. The van der Waals surface area contributed by atoms with Crippen LogP contribution in [0.3, 0.4) is 0 Å². The van der Waals surface area contributed by atoms with Gasteiger partial charge in [-0.3, -0.25) is 4.79 Å². The van der Waals surface area contributed by atoms with Crippen LogP contribution in [-0.4, -0.2) is 25.7 Å². The van der Waals surface area contributed by atoms with Gasteiger partial charge in [-0.2, -0.15) is 0 Å². The molecule has 1 fully saturated rings. The molecule has 1 saturated carbocycles. The van der Waals surface area contributed by atoms with Crippen LogP contribution in [0.4, 0.5) is 0 Å². The van der Waals surface area contributed by atoms with Crippen LogP contribution in [0.1, 0.15) is 46.2 Å². The van der Waals surface area contributed by atoms with Crippen molar-refractivity contribution in [2.45, 2.75) is 50.9 Å². The van der Waals surface area contributed by atoms with Gasteiger partial charge in [-0.05, 0) is 44.7 Å². The Hall–Kier alpha value is -2.27. The third-order valence-corrected chi connectivity index (χ3v) is 6.23. The summed E-state index contributed by atoms with van der Waals surface area (Å²) >= 11 is 1.55. The monoisotopic (exact) mass is 379 g/mol. The first kappa shape index (κ1) is 18.1. The molecule has 4 rings (SSSR count). The van der Waals surface area contributed by atoms with E-state index in [9.17, 15) is 4.79 Å². The molecule has 1 aliphatic rings. The van der Waals surface area contributed by atoms with Crippen molar-refractivity contribution in [3.63, 3.8) is 0 Å². The van der Waals surface area contributed by atoms with Crippen molar-refractivity contribution in [1.82, 2.24) is 14.1 Å². The van der Waals surface area contributed by atoms with E-state index in [4.69, 9.17) is 0 Å². The summed E-state index contributed by atoms with van der Waals surface area (Å²) in [5, 5.41) is 0.962. The number of carbonyl (C=O) groups is 1. The molecule has 3 aromatic rings. The van der Waals surface area contributed by atoms with Gasteiger partial charge >= 0.3 is 0 Å². The van der Waals surface area contributed by atoms with Crippen molar-refractivity contribution in [3.05, 3.63) is 71.3 Å². The maximum Gasteiger partial charge on any atom is 0.175 e.